The van der Waals surface area contributed by atoms with Crippen molar-refractivity contribution >= 4 is 16.7 Å². The van der Waals surface area contributed by atoms with Crippen LogP contribution in [0.15, 0.2) is 52.1 Å². The summed E-state index contributed by atoms with van der Waals surface area (Å²) in [7, 11) is 0. The van der Waals surface area contributed by atoms with E-state index in [2.05, 4.69) is 5.32 Å². The molecule has 1 aliphatic heterocycles. The van der Waals surface area contributed by atoms with Gasteiger partial charge in [-0.15, -0.1) is 0 Å². The van der Waals surface area contributed by atoms with Crippen molar-refractivity contribution in [2.75, 3.05) is 0 Å². The summed E-state index contributed by atoms with van der Waals surface area (Å²) in [5.74, 6) is -0.452. The highest BCUT2D eigenvalue weighted by atomic mass is 16.2. The van der Waals surface area contributed by atoms with E-state index in [-0.39, 0.29) is 11.6 Å². The molecular formula is C22H20N4O3. The lowest BCUT2D eigenvalue weighted by molar-refractivity contribution is -0.122. The summed E-state index contributed by atoms with van der Waals surface area (Å²) in [6.07, 6.45) is 1.23. The van der Waals surface area contributed by atoms with Gasteiger partial charge < -0.3 is 5.32 Å². The second kappa shape index (κ2) is 7.40. The minimum atomic E-state index is -0.696. The van der Waals surface area contributed by atoms with Crippen molar-refractivity contribution < 1.29 is 4.79 Å². The quantitative estimate of drug-likeness (QED) is 0.738. The van der Waals surface area contributed by atoms with Crippen LogP contribution >= 0.6 is 0 Å². The number of aromatic nitrogens is 2. The smallest absolute Gasteiger partial charge is 0.331 e. The van der Waals surface area contributed by atoms with E-state index >= 15 is 0 Å². The third-order valence-electron chi connectivity index (χ3n) is 5.41. The average Bonchev–Trinajstić information content (AvgIpc) is 3.21. The van der Waals surface area contributed by atoms with Gasteiger partial charge in [0.1, 0.15) is 18.2 Å². The van der Waals surface area contributed by atoms with Crippen LogP contribution in [0.5, 0.6) is 0 Å². The number of nitriles is 1. The largest absolute Gasteiger partial charge is 0.348 e. The molecule has 0 fully saturated rings. The van der Waals surface area contributed by atoms with Crippen LogP contribution in [-0.4, -0.2) is 15.0 Å². The molecule has 4 rings (SSSR count). The number of amides is 1. The Kier molecular flexibility index (Phi) is 4.77. The van der Waals surface area contributed by atoms with Crippen LogP contribution in [0.2, 0.25) is 0 Å². The summed E-state index contributed by atoms with van der Waals surface area (Å²) >= 11 is 0. The van der Waals surface area contributed by atoms with E-state index < -0.39 is 23.7 Å². The summed E-state index contributed by atoms with van der Waals surface area (Å²) in [6.45, 7) is 1.90. The zero-order valence-corrected chi connectivity index (χ0v) is 16.0. The molecule has 0 unspecified atom stereocenters. The summed E-state index contributed by atoms with van der Waals surface area (Å²) in [5.41, 5.74) is 0.153. The lowest BCUT2D eigenvalue weighted by Crippen LogP contribution is -2.45. The van der Waals surface area contributed by atoms with Gasteiger partial charge in [-0.3, -0.25) is 14.2 Å². The molecule has 0 radical (unpaired) electrons. The van der Waals surface area contributed by atoms with Gasteiger partial charge in [0, 0.05) is 12.2 Å². The van der Waals surface area contributed by atoms with Gasteiger partial charge in [0.25, 0.3) is 5.56 Å². The van der Waals surface area contributed by atoms with Crippen molar-refractivity contribution in [3.05, 3.63) is 80.1 Å². The lowest BCUT2D eigenvalue weighted by atomic mass is 10.00. The third kappa shape index (κ3) is 3.23. The second-order valence-electron chi connectivity index (χ2n) is 7.22. The monoisotopic (exact) mass is 388 g/mol. The van der Waals surface area contributed by atoms with Gasteiger partial charge in [0.15, 0.2) is 0 Å². The van der Waals surface area contributed by atoms with Crippen molar-refractivity contribution in [2.24, 2.45) is 0 Å². The average molecular weight is 388 g/mol. The van der Waals surface area contributed by atoms with Crippen LogP contribution < -0.4 is 16.6 Å². The highest BCUT2D eigenvalue weighted by molar-refractivity contribution is 5.86. The van der Waals surface area contributed by atoms with Crippen molar-refractivity contribution in [1.82, 2.24) is 14.5 Å². The fourth-order valence-corrected chi connectivity index (χ4v) is 4.02. The number of nitrogens with zero attached hydrogens (tertiary/aromatic N) is 3. The van der Waals surface area contributed by atoms with E-state index in [1.807, 2.05) is 55.5 Å². The number of hydrogen-bond donors (Lipinski definition) is 1. The molecule has 3 aromatic rings. The third-order valence-corrected chi connectivity index (χ3v) is 5.41. The molecule has 7 heteroatoms. The van der Waals surface area contributed by atoms with Crippen molar-refractivity contribution in [3.63, 3.8) is 0 Å². The molecule has 1 aromatic heterocycles. The van der Waals surface area contributed by atoms with E-state index in [0.29, 0.717) is 25.1 Å². The predicted octanol–water partition coefficient (Wildman–Crippen LogP) is 1.86. The first-order valence-corrected chi connectivity index (χ1v) is 9.55. The SMILES string of the molecule is C[C@@H](NC(=O)Cn1c(=O)c(C#N)c2n(c1=O)CCC2)c1cccc2ccccc12. The number of carbonyl (C=O) groups excluding carboxylic acids is 1. The zero-order chi connectivity index (χ0) is 20.5. The van der Waals surface area contributed by atoms with Crippen molar-refractivity contribution in [3.8, 4) is 6.07 Å². The molecule has 0 spiro atoms. The molecule has 1 amide bonds. The molecule has 29 heavy (non-hydrogen) atoms. The van der Waals surface area contributed by atoms with Crippen molar-refractivity contribution in [2.45, 2.75) is 38.9 Å². The fourth-order valence-electron chi connectivity index (χ4n) is 4.02. The molecule has 1 N–H and O–H groups in total. The van der Waals surface area contributed by atoms with Crippen molar-refractivity contribution in [1.29, 1.82) is 5.26 Å². The first-order valence-electron chi connectivity index (χ1n) is 9.55. The Morgan fingerprint density at radius 2 is 1.97 bits per heavy atom. The number of rotatable bonds is 4. The second-order valence-corrected chi connectivity index (χ2v) is 7.22. The van der Waals surface area contributed by atoms with E-state index in [1.165, 1.54) is 4.57 Å². The van der Waals surface area contributed by atoms with Gasteiger partial charge in [-0.1, -0.05) is 42.5 Å². The van der Waals surface area contributed by atoms with Gasteiger partial charge in [-0.05, 0) is 36.1 Å². The highest BCUT2D eigenvalue weighted by Crippen LogP contribution is 2.24. The number of benzene rings is 2. The minimum absolute atomic E-state index is 0.0444. The van der Waals surface area contributed by atoms with E-state index in [1.54, 1.807) is 0 Å². The fraction of sp³-hybridized carbons (Fsp3) is 0.273. The molecule has 0 bridgehead atoms. The van der Waals surface area contributed by atoms with E-state index in [4.69, 9.17) is 0 Å². The lowest BCUT2D eigenvalue weighted by Gasteiger charge is -2.17. The van der Waals surface area contributed by atoms with E-state index in [0.717, 1.165) is 20.9 Å². The van der Waals surface area contributed by atoms with Crippen LogP contribution in [0.4, 0.5) is 0 Å². The Morgan fingerprint density at radius 3 is 2.76 bits per heavy atom. The molecule has 0 saturated heterocycles. The van der Waals surface area contributed by atoms with Gasteiger partial charge in [-0.25, -0.2) is 9.36 Å². The van der Waals surface area contributed by atoms with Gasteiger partial charge in [0.05, 0.1) is 6.04 Å². The zero-order valence-electron chi connectivity index (χ0n) is 16.0. The minimum Gasteiger partial charge on any atom is -0.348 e. The molecule has 1 aliphatic rings. The number of nitrogens with one attached hydrogen (secondary N) is 1. The van der Waals surface area contributed by atoms with E-state index in [9.17, 15) is 19.6 Å². The molecule has 0 aliphatic carbocycles. The maximum absolute atomic E-state index is 12.7. The molecule has 7 nitrogen and oxygen atoms in total. The Bertz CT molecular complexity index is 1270. The number of fused-ring (bicyclic) bond motifs is 2. The summed E-state index contributed by atoms with van der Waals surface area (Å²) in [6, 6.07) is 15.3. The Morgan fingerprint density at radius 1 is 1.21 bits per heavy atom. The van der Waals surface area contributed by atoms with Gasteiger partial charge in [0.2, 0.25) is 5.91 Å². The highest BCUT2D eigenvalue weighted by Gasteiger charge is 2.24. The van der Waals surface area contributed by atoms with Crippen LogP contribution in [0.1, 0.15) is 36.2 Å². The molecule has 146 valence electrons. The molecular weight excluding hydrogens is 368 g/mol. The Balaban J connectivity index is 1.62. The number of hydrogen-bond acceptors (Lipinski definition) is 4. The first kappa shape index (κ1) is 18.7. The molecule has 1 atom stereocenters. The van der Waals surface area contributed by atoms with Gasteiger partial charge in [-0.2, -0.15) is 5.26 Å². The summed E-state index contributed by atoms with van der Waals surface area (Å²) < 4.78 is 2.29. The summed E-state index contributed by atoms with van der Waals surface area (Å²) in [4.78, 5) is 37.9. The summed E-state index contributed by atoms with van der Waals surface area (Å²) in [5, 5.41) is 14.3. The normalized spacial score (nSPS) is 13.7. The maximum atomic E-state index is 12.7. The van der Waals surface area contributed by atoms with Crippen LogP contribution in [0.25, 0.3) is 10.8 Å². The van der Waals surface area contributed by atoms with Gasteiger partial charge >= 0.3 is 5.69 Å². The topological polar surface area (TPSA) is 96.9 Å². The van der Waals surface area contributed by atoms with Crippen LogP contribution in [-0.2, 0) is 24.3 Å². The predicted molar refractivity (Wildman–Crippen MR) is 109 cm³/mol. The Hall–Kier alpha value is -3.66. The Labute approximate surface area is 166 Å². The first-order chi connectivity index (χ1) is 14.0. The number of carbonyl (C=O) groups is 1. The molecule has 0 saturated carbocycles. The van der Waals surface area contributed by atoms with Crippen LogP contribution in [0.3, 0.4) is 0 Å². The van der Waals surface area contributed by atoms with Crippen LogP contribution in [0, 0.1) is 11.3 Å². The standard InChI is InChI=1S/C22H20N4O3/c1-14(16-9-4-7-15-6-2-3-8-17(15)16)24-20(27)13-26-21(28)18(12-23)19-10-5-11-25(19)22(26)29/h2-4,6-9,14H,5,10-11,13H2,1H3,(H,24,27)/t14-/m1/s1. The molecule has 2 heterocycles. The molecule has 2 aromatic carbocycles. The maximum Gasteiger partial charge on any atom is 0.331 e.